The minimum Gasteiger partial charge on any atom is -0.436 e. The number of nitrogens with one attached hydrogen (secondary N) is 2. The average molecular weight is 778 g/mol. The quantitative estimate of drug-likeness (QED) is 0.209. The molecular weight excluding hydrogens is 727 g/mol. The summed E-state index contributed by atoms with van der Waals surface area (Å²) in [6.07, 6.45) is -1.92. The largest absolute Gasteiger partial charge is 0.436 e. The lowest BCUT2D eigenvalue weighted by molar-refractivity contribution is -0.142. The molecule has 12 nitrogen and oxygen atoms in total. The van der Waals surface area contributed by atoms with E-state index >= 15 is 0 Å². The minimum atomic E-state index is -4.77. The maximum Gasteiger partial charge on any atom is 0.418 e. The standard InChI is InChI=1S/C38H51ClF3N7O5/c1-44-13-20-53-24-29-6-4-14-48(29)27-9-15-46(16-10-27)35(50)33(23-25-21-30(38(40,41)42)34(43)31(39)22-25)54-37(52)47-17-11-28(12-18-47)49-19-8-26-5-2-3-7-32(26)45-36(49)51/h2-3,5,7,21-22,27-29,33,44H,4,6,8-20,23-24,43H2,1H3,(H,45,51)/t29-,33+/m0/s1. The normalized spacial score (nSPS) is 21.1. The summed E-state index contributed by atoms with van der Waals surface area (Å²) < 4.78 is 53.4. The number of benzene rings is 2. The maximum absolute atomic E-state index is 14.1. The van der Waals surface area contributed by atoms with E-state index in [9.17, 15) is 27.6 Å². The number of likely N-dealkylation sites (tertiary alicyclic amines) is 3. The molecule has 296 valence electrons. The van der Waals surface area contributed by atoms with Crippen LogP contribution in [0.15, 0.2) is 36.4 Å². The number of alkyl halides is 3. The molecule has 0 bridgehead atoms. The molecule has 4 N–H and O–H groups in total. The van der Waals surface area contributed by atoms with Crippen molar-refractivity contribution in [3.05, 3.63) is 58.1 Å². The summed E-state index contributed by atoms with van der Waals surface area (Å²) in [6, 6.07) is 10.1. The molecule has 4 aliphatic rings. The molecule has 4 heterocycles. The Bertz CT molecular complexity index is 1630. The Labute approximate surface area is 319 Å². The van der Waals surface area contributed by atoms with Crippen molar-refractivity contribution < 1.29 is 37.0 Å². The molecule has 4 amide bonds. The first kappa shape index (κ1) is 39.9. The van der Waals surface area contributed by atoms with E-state index in [1.54, 1.807) is 4.90 Å². The average Bonchev–Trinajstić information content (AvgIpc) is 3.56. The Morgan fingerprint density at radius 2 is 1.70 bits per heavy atom. The van der Waals surface area contributed by atoms with Gasteiger partial charge in [0.1, 0.15) is 0 Å². The van der Waals surface area contributed by atoms with E-state index in [2.05, 4.69) is 15.5 Å². The predicted octanol–water partition coefficient (Wildman–Crippen LogP) is 5.23. The van der Waals surface area contributed by atoms with Gasteiger partial charge in [0.2, 0.25) is 0 Å². The fraction of sp³-hybridized carbons (Fsp3) is 0.605. The summed E-state index contributed by atoms with van der Waals surface area (Å²) in [5.41, 5.74) is 5.90. The molecule has 2 atom stereocenters. The number of nitrogens with zero attached hydrogens (tertiary/aromatic N) is 4. The first-order valence-corrected chi connectivity index (χ1v) is 19.3. The monoisotopic (exact) mass is 777 g/mol. The van der Waals surface area contributed by atoms with E-state index in [0.717, 1.165) is 43.2 Å². The van der Waals surface area contributed by atoms with Gasteiger partial charge in [-0.2, -0.15) is 13.2 Å². The number of halogens is 4. The molecule has 0 radical (unpaired) electrons. The molecule has 54 heavy (non-hydrogen) atoms. The molecule has 3 saturated heterocycles. The highest BCUT2D eigenvalue weighted by molar-refractivity contribution is 6.33. The van der Waals surface area contributed by atoms with Gasteiger partial charge in [-0.25, -0.2) is 9.59 Å². The first-order chi connectivity index (χ1) is 25.9. The number of rotatable bonds is 11. The SMILES string of the molecule is CNCCOC[C@@H]1CCCN1C1CCN(C(=O)[C@@H](Cc2cc(Cl)c(N)c(C(F)(F)F)c2)OC(=O)N2CCC(N3CCc4ccccc4NC3=O)CC2)CC1. The second-order valence-corrected chi connectivity index (χ2v) is 15.0. The number of carbonyl (C=O) groups is 3. The molecule has 3 fully saturated rings. The number of amides is 4. The zero-order valence-electron chi connectivity index (χ0n) is 30.7. The summed E-state index contributed by atoms with van der Waals surface area (Å²) in [4.78, 5) is 48.3. The molecule has 0 aliphatic carbocycles. The van der Waals surface area contributed by atoms with Gasteiger partial charge in [-0.05, 0) is 87.9 Å². The predicted molar refractivity (Wildman–Crippen MR) is 199 cm³/mol. The highest BCUT2D eigenvalue weighted by Gasteiger charge is 2.39. The molecule has 6 rings (SSSR count). The number of ether oxygens (including phenoxy) is 2. The lowest BCUT2D eigenvalue weighted by atomic mass is 9.99. The number of anilines is 2. The van der Waals surface area contributed by atoms with Gasteiger partial charge in [0.15, 0.2) is 6.10 Å². The highest BCUT2D eigenvalue weighted by atomic mass is 35.5. The molecule has 16 heteroatoms. The number of piperidine rings is 2. The molecule has 2 aromatic carbocycles. The minimum absolute atomic E-state index is 0.0765. The van der Waals surface area contributed by atoms with Crippen molar-refractivity contribution in [1.29, 1.82) is 0 Å². The van der Waals surface area contributed by atoms with Crippen molar-refractivity contribution >= 4 is 41.0 Å². The summed E-state index contributed by atoms with van der Waals surface area (Å²) in [5, 5.41) is 5.78. The van der Waals surface area contributed by atoms with E-state index in [1.165, 1.54) is 11.0 Å². The van der Waals surface area contributed by atoms with Crippen LogP contribution in [0.25, 0.3) is 0 Å². The number of fused-ring (bicyclic) bond motifs is 1. The maximum atomic E-state index is 14.1. The lowest BCUT2D eigenvalue weighted by Crippen LogP contribution is -2.53. The van der Waals surface area contributed by atoms with Crippen molar-refractivity contribution in [2.24, 2.45) is 0 Å². The van der Waals surface area contributed by atoms with Crippen LogP contribution in [-0.2, 0) is 33.3 Å². The Morgan fingerprint density at radius 1 is 1.00 bits per heavy atom. The number of nitrogens with two attached hydrogens (primary N) is 1. The third kappa shape index (κ3) is 9.53. The van der Waals surface area contributed by atoms with Crippen LogP contribution in [0.4, 0.5) is 34.1 Å². The zero-order valence-corrected chi connectivity index (χ0v) is 31.5. The number of hydrogen-bond donors (Lipinski definition) is 3. The Hall–Kier alpha value is -3.79. The van der Waals surface area contributed by atoms with Gasteiger partial charge in [-0.1, -0.05) is 29.8 Å². The smallest absolute Gasteiger partial charge is 0.418 e. The van der Waals surface area contributed by atoms with Crippen LogP contribution < -0.4 is 16.4 Å². The van der Waals surface area contributed by atoms with E-state index in [1.807, 2.05) is 36.2 Å². The van der Waals surface area contributed by atoms with Crippen LogP contribution in [0.2, 0.25) is 5.02 Å². The molecular formula is C38H51ClF3N7O5. The van der Waals surface area contributed by atoms with Gasteiger partial charge in [0.25, 0.3) is 5.91 Å². The molecule has 0 spiro atoms. The summed E-state index contributed by atoms with van der Waals surface area (Å²) >= 11 is 6.14. The van der Waals surface area contributed by atoms with E-state index in [0.29, 0.717) is 71.0 Å². The van der Waals surface area contributed by atoms with Crippen molar-refractivity contribution in [2.45, 2.75) is 81.8 Å². The molecule has 2 aromatic rings. The molecule has 0 saturated carbocycles. The number of para-hydroxylation sites is 1. The van der Waals surface area contributed by atoms with E-state index < -0.39 is 35.5 Å². The fourth-order valence-corrected chi connectivity index (χ4v) is 8.49. The zero-order chi connectivity index (χ0) is 38.4. The highest BCUT2D eigenvalue weighted by Crippen LogP contribution is 2.38. The fourth-order valence-electron chi connectivity index (χ4n) is 8.25. The second-order valence-electron chi connectivity index (χ2n) is 14.6. The van der Waals surface area contributed by atoms with E-state index in [-0.39, 0.29) is 48.2 Å². The topological polar surface area (TPSA) is 133 Å². The third-order valence-electron chi connectivity index (χ3n) is 11.2. The molecule has 4 aliphatic heterocycles. The van der Waals surface area contributed by atoms with Gasteiger partial charge in [-0.3, -0.25) is 9.69 Å². The van der Waals surface area contributed by atoms with Crippen LogP contribution in [-0.4, -0.2) is 128 Å². The van der Waals surface area contributed by atoms with Crippen molar-refractivity contribution in [1.82, 2.24) is 24.9 Å². The lowest BCUT2D eigenvalue weighted by Gasteiger charge is -2.40. The van der Waals surface area contributed by atoms with E-state index in [4.69, 9.17) is 26.8 Å². The molecule has 0 unspecified atom stereocenters. The van der Waals surface area contributed by atoms with Gasteiger partial charge >= 0.3 is 18.3 Å². The van der Waals surface area contributed by atoms with Gasteiger partial charge in [-0.15, -0.1) is 0 Å². The van der Waals surface area contributed by atoms with Gasteiger partial charge < -0.3 is 40.5 Å². The Kier molecular flexibility index (Phi) is 13.1. The number of carbonyl (C=O) groups excluding carboxylic acids is 3. The number of hydrogen-bond acceptors (Lipinski definition) is 8. The second kappa shape index (κ2) is 17.8. The van der Waals surface area contributed by atoms with Crippen LogP contribution >= 0.6 is 11.6 Å². The Balaban J connectivity index is 1.11. The summed E-state index contributed by atoms with van der Waals surface area (Å²) in [7, 11) is 1.89. The van der Waals surface area contributed by atoms with Crippen molar-refractivity contribution in [3.8, 4) is 0 Å². The number of nitrogen functional groups attached to an aromatic ring is 1. The third-order valence-corrected chi connectivity index (χ3v) is 11.5. The van der Waals surface area contributed by atoms with Crippen LogP contribution in [0.3, 0.4) is 0 Å². The summed E-state index contributed by atoms with van der Waals surface area (Å²) in [5.74, 6) is -0.465. The van der Waals surface area contributed by atoms with Gasteiger partial charge in [0, 0.05) is 69.5 Å². The molecule has 0 aromatic heterocycles. The van der Waals surface area contributed by atoms with Gasteiger partial charge in [0.05, 0.1) is 29.5 Å². The van der Waals surface area contributed by atoms with Crippen LogP contribution in [0, 0.1) is 0 Å². The first-order valence-electron chi connectivity index (χ1n) is 19.0. The van der Waals surface area contributed by atoms with Crippen LogP contribution in [0.1, 0.15) is 55.2 Å². The van der Waals surface area contributed by atoms with Crippen molar-refractivity contribution in [3.63, 3.8) is 0 Å². The Morgan fingerprint density at radius 3 is 2.43 bits per heavy atom. The summed E-state index contributed by atoms with van der Waals surface area (Å²) in [6.45, 7) is 4.99. The van der Waals surface area contributed by atoms with Crippen molar-refractivity contribution in [2.75, 3.05) is 77.1 Å². The number of urea groups is 1. The van der Waals surface area contributed by atoms with Crippen LogP contribution in [0.5, 0.6) is 0 Å². The number of likely N-dealkylation sites (N-methyl/N-ethyl adjacent to an activating group) is 1.